The van der Waals surface area contributed by atoms with E-state index in [0.717, 1.165) is 37.2 Å². The third-order valence-electron chi connectivity index (χ3n) is 5.52. The minimum atomic E-state index is -0.108. The molecule has 0 unspecified atom stereocenters. The minimum Gasteiger partial charge on any atom is -0.337 e. The first kappa shape index (κ1) is 22.5. The number of aromatic nitrogens is 2. The fourth-order valence-electron chi connectivity index (χ4n) is 3.84. The van der Waals surface area contributed by atoms with Gasteiger partial charge >= 0.3 is 0 Å². The van der Waals surface area contributed by atoms with Crippen molar-refractivity contribution >= 4 is 18.3 Å². The predicted molar refractivity (Wildman–Crippen MR) is 122 cm³/mol. The zero-order valence-corrected chi connectivity index (χ0v) is 18.1. The van der Waals surface area contributed by atoms with Crippen LogP contribution in [-0.4, -0.2) is 39.5 Å². The molecular formula is C24H26ClN5O. The fraction of sp³-hybridized carbons (Fsp3) is 0.292. The number of benzene rings is 2. The topological polar surface area (TPSA) is 74.0 Å². The molecule has 7 heteroatoms. The van der Waals surface area contributed by atoms with Gasteiger partial charge in [0.15, 0.2) is 0 Å². The number of nitrogens with zero attached hydrogens (tertiary/aromatic N) is 4. The Bertz CT molecular complexity index is 1030. The number of hydrogen-bond acceptors (Lipinski definition) is 4. The largest absolute Gasteiger partial charge is 0.337 e. The quantitative estimate of drug-likeness (QED) is 0.589. The van der Waals surface area contributed by atoms with Gasteiger partial charge in [-0.1, -0.05) is 42.5 Å². The van der Waals surface area contributed by atoms with E-state index in [-0.39, 0.29) is 24.4 Å². The van der Waals surface area contributed by atoms with Gasteiger partial charge in [-0.05, 0) is 29.7 Å². The molecule has 6 nitrogen and oxygen atoms in total. The van der Waals surface area contributed by atoms with Crippen molar-refractivity contribution in [3.8, 4) is 6.07 Å². The SMILES string of the molecule is Cl.N#Cc1ccc(Cn2cncc2CCN[C@H]2CCN(Cc3ccccc3)C2=O)cc1. The van der Waals surface area contributed by atoms with E-state index in [1.54, 1.807) is 0 Å². The molecule has 0 spiro atoms. The predicted octanol–water partition coefficient (Wildman–Crippen LogP) is 3.16. The van der Waals surface area contributed by atoms with E-state index in [9.17, 15) is 4.79 Å². The zero-order valence-electron chi connectivity index (χ0n) is 17.3. The first-order valence-corrected chi connectivity index (χ1v) is 10.3. The summed E-state index contributed by atoms with van der Waals surface area (Å²) >= 11 is 0. The molecule has 2 aromatic carbocycles. The Balaban J connectivity index is 0.00000272. The standard InChI is InChI=1S/C24H25N5O.ClH/c25-14-19-6-8-21(9-7-19)17-29-18-26-15-22(29)10-12-27-23-11-13-28(24(23)30)16-20-4-2-1-3-5-20;/h1-9,15,18,23,27H,10-13,16-17H2;1H/t23-;/m0./s1. The Labute approximate surface area is 188 Å². The van der Waals surface area contributed by atoms with Crippen LogP contribution in [0.3, 0.4) is 0 Å². The van der Waals surface area contributed by atoms with Crippen molar-refractivity contribution in [3.63, 3.8) is 0 Å². The summed E-state index contributed by atoms with van der Waals surface area (Å²) in [6, 6.07) is 19.8. The molecule has 1 fully saturated rings. The Kier molecular flexibility index (Phi) is 7.82. The molecule has 160 valence electrons. The summed E-state index contributed by atoms with van der Waals surface area (Å²) < 4.78 is 2.11. The number of carbonyl (C=O) groups excluding carboxylic acids is 1. The molecule has 1 atom stereocenters. The highest BCUT2D eigenvalue weighted by atomic mass is 35.5. The van der Waals surface area contributed by atoms with E-state index in [0.29, 0.717) is 18.7 Å². The second-order valence-corrected chi connectivity index (χ2v) is 7.61. The molecule has 0 bridgehead atoms. The van der Waals surface area contributed by atoms with E-state index >= 15 is 0 Å². The van der Waals surface area contributed by atoms with Crippen LogP contribution >= 0.6 is 12.4 Å². The molecule has 1 aliphatic rings. The number of likely N-dealkylation sites (tertiary alicyclic amines) is 1. The van der Waals surface area contributed by atoms with Gasteiger partial charge in [-0.2, -0.15) is 5.26 Å². The van der Waals surface area contributed by atoms with Crippen molar-refractivity contribution in [2.24, 2.45) is 0 Å². The van der Waals surface area contributed by atoms with Gasteiger partial charge in [0.05, 0.1) is 24.0 Å². The highest BCUT2D eigenvalue weighted by Crippen LogP contribution is 2.15. The molecule has 0 aliphatic carbocycles. The molecule has 1 aromatic heterocycles. The number of nitriles is 1. The van der Waals surface area contributed by atoms with Crippen LogP contribution in [0.4, 0.5) is 0 Å². The lowest BCUT2D eigenvalue weighted by atomic mass is 10.1. The highest BCUT2D eigenvalue weighted by molar-refractivity contribution is 5.85. The van der Waals surface area contributed by atoms with Crippen LogP contribution in [0.25, 0.3) is 0 Å². The van der Waals surface area contributed by atoms with Crippen molar-refractivity contribution in [1.82, 2.24) is 19.8 Å². The summed E-state index contributed by atoms with van der Waals surface area (Å²) in [6.45, 7) is 2.92. The minimum absolute atomic E-state index is 0. The maximum absolute atomic E-state index is 12.7. The molecule has 1 aliphatic heterocycles. The van der Waals surface area contributed by atoms with E-state index in [1.807, 2.05) is 59.9 Å². The summed E-state index contributed by atoms with van der Waals surface area (Å²) in [7, 11) is 0. The second kappa shape index (κ2) is 10.8. The third kappa shape index (κ3) is 5.72. The second-order valence-electron chi connectivity index (χ2n) is 7.61. The Morgan fingerprint density at radius 2 is 1.81 bits per heavy atom. The van der Waals surface area contributed by atoms with E-state index in [2.05, 4.69) is 33.1 Å². The number of carbonyl (C=O) groups is 1. The van der Waals surface area contributed by atoms with Gasteiger partial charge in [-0.25, -0.2) is 4.98 Å². The normalized spacial score (nSPS) is 15.5. The molecule has 1 saturated heterocycles. The first-order valence-electron chi connectivity index (χ1n) is 10.3. The monoisotopic (exact) mass is 435 g/mol. The van der Waals surface area contributed by atoms with Crippen molar-refractivity contribution in [1.29, 1.82) is 5.26 Å². The third-order valence-corrected chi connectivity index (χ3v) is 5.52. The lowest BCUT2D eigenvalue weighted by molar-refractivity contribution is -0.129. The first-order chi connectivity index (χ1) is 14.7. The molecule has 1 amide bonds. The van der Waals surface area contributed by atoms with Crippen molar-refractivity contribution in [2.45, 2.75) is 32.0 Å². The fourth-order valence-corrected chi connectivity index (χ4v) is 3.84. The number of nitrogens with one attached hydrogen (secondary N) is 1. The Morgan fingerprint density at radius 1 is 1.06 bits per heavy atom. The van der Waals surface area contributed by atoms with Gasteiger partial charge < -0.3 is 14.8 Å². The lowest BCUT2D eigenvalue weighted by Gasteiger charge is -2.17. The molecule has 0 radical (unpaired) electrons. The van der Waals surface area contributed by atoms with Crippen molar-refractivity contribution in [2.75, 3.05) is 13.1 Å². The molecular weight excluding hydrogens is 410 g/mol. The smallest absolute Gasteiger partial charge is 0.240 e. The number of amides is 1. The molecule has 4 rings (SSSR count). The van der Waals surface area contributed by atoms with Crippen LogP contribution in [-0.2, 0) is 24.3 Å². The van der Waals surface area contributed by atoms with Gasteiger partial charge in [0, 0.05) is 44.5 Å². The van der Waals surface area contributed by atoms with Crippen molar-refractivity contribution < 1.29 is 4.79 Å². The average molecular weight is 436 g/mol. The molecule has 1 N–H and O–H groups in total. The van der Waals surface area contributed by atoms with Crippen molar-refractivity contribution in [3.05, 3.63) is 89.5 Å². The van der Waals surface area contributed by atoms with Crippen LogP contribution in [0.1, 0.15) is 28.8 Å². The molecule has 2 heterocycles. The van der Waals surface area contributed by atoms with E-state index in [1.165, 1.54) is 5.56 Å². The Hall–Kier alpha value is -3.14. The average Bonchev–Trinajstić information content (AvgIpc) is 3.36. The molecule has 3 aromatic rings. The summed E-state index contributed by atoms with van der Waals surface area (Å²) in [5.74, 6) is 0.185. The summed E-state index contributed by atoms with van der Waals surface area (Å²) in [5.41, 5.74) is 4.08. The summed E-state index contributed by atoms with van der Waals surface area (Å²) in [6.07, 6.45) is 5.36. The maximum Gasteiger partial charge on any atom is 0.240 e. The van der Waals surface area contributed by atoms with E-state index < -0.39 is 0 Å². The number of rotatable bonds is 8. The van der Waals surface area contributed by atoms with Crippen LogP contribution in [0, 0.1) is 11.3 Å². The van der Waals surface area contributed by atoms with Crippen LogP contribution in [0.2, 0.25) is 0 Å². The number of halogens is 1. The molecule has 31 heavy (non-hydrogen) atoms. The van der Waals surface area contributed by atoms with Crippen LogP contribution in [0.15, 0.2) is 67.1 Å². The van der Waals surface area contributed by atoms with Gasteiger partial charge in [0.2, 0.25) is 5.91 Å². The number of imidazole rings is 1. The van der Waals surface area contributed by atoms with Gasteiger partial charge in [-0.3, -0.25) is 4.79 Å². The summed E-state index contributed by atoms with van der Waals surface area (Å²) in [5, 5.41) is 12.3. The Morgan fingerprint density at radius 3 is 2.55 bits per heavy atom. The van der Waals surface area contributed by atoms with Gasteiger partial charge in [0.25, 0.3) is 0 Å². The number of hydrogen-bond donors (Lipinski definition) is 1. The van der Waals surface area contributed by atoms with E-state index in [4.69, 9.17) is 5.26 Å². The molecule has 0 saturated carbocycles. The zero-order chi connectivity index (χ0) is 20.8. The van der Waals surface area contributed by atoms with Gasteiger partial charge in [-0.15, -0.1) is 12.4 Å². The highest BCUT2D eigenvalue weighted by Gasteiger charge is 2.30. The van der Waals surface area contributed by atoms with Crippen LogP contribution < -0.4 is 5.32 Å². The maximum atomic E-state index is 12.7. The lowest BCUT2D eigenvalue weighted by Crippen LogP contribution is -2.39. The van der Waals surface area contributed by atoms with Crippen LogP contribution in [0.5, 0.6) is 0 Å². The van der Waals surface area contributed by atoms with Gasteiger partial charge in [0.1, 0.15) is 0 Å². The summed E-state index contributed by atoms with van der Waals surface area (Å²) in [4.78, 5) is 18.9.